The minimum Gasteiger partial charge on any atom is -0.327 e. The molecule has 0 fully saturated rings. The summed E-state index contributed by atoms with van der Waals surface area (Å²) in [4.78, 5) is 0. The predicted octanol–water partition coefficient (Wildman–Crippen LogP) is 1.11. The summed E-state index contributed by atoms with van der Waals surface area (Å²) in [6.07, 6.45) is 3.59. The Kier molecular flexibility index (Phi) is 6.98. The molecule has 0 aliphatic carbocycles. The second-order valence-corrected chi connectivity index (χ2v) is 2.73. The third-order valence-electron chi connectivity index (χ3n) is 1.64. The van der Waals surface area contributed by atoms with E-state index in [-0.39, 0.29) is 0 Å². The maximum Gasteiger partial charge on any atom is 0.0162 e. The minimum absolute atomic E-state index is 0.344. The van der Waals surface area contributed by atoms with E-state index in [2.05, 4.69) is 19.2 Å². The molecule has 0 spiro atoms. The van der Waals surface area contributed by atoms with Crippen molar-refractivity contribution in [3.8, 4) is 0 Å². The molecule has 1 atom stereocenters. The second-order valence-electron chi connectivity index (χ2n) is 2.73. The Balaban J connectivity index is 2.89. The topological polar surface area (TPSA) is 38.0 Å². The maximum absolute atomic E-state index is 5.69. The first-order chi connectivity index (χ1) is 4.81. The fourth-order valence-electron chi connectivity index (χ4n) is 0.734. The first-order valence-corrected chi connectivity index (χ1v) is 4.27. The lowest BCUT2D eigenvalue weighted by molar-refractivity contribution is 0.551. The average Bonchev–Trinajstić information content (AvgIpc) is 1.98. The van der Waals surface area contributed by atoms with Crippen LogP contribution in [-0.4, -0.2) is 19.1 Å². The van der Waals surface area contributed by atoms with Gasteiger partial charge in [-0.3, -0.25) is 0 Å². The fourth-order valence-corrected chi connectivity index (χ4v) is 0.734. The maximum atomic E-state index is 5.69. The highest BCUT2D eigenvalue weighted by atomic mass is 14.9. The molecule has 0 heterocycles. The van der Waals surface area contributed by atoms with Gasteiger partial charge in [-0.2, -0.15) is 0 Å². The van der Waals surface area contributed by atoms with Crippen LogP contribution in [-0.2, 0) is 0 Å². The van der Waals surface area contributed by atoms with Gasteiger partial charge in [0.1, 0.15) is 0 Å². The smallest absolute Gasteiger partial charge is 0.0162 e. The molecule has 2 nitrogen and oxygen atoms in total. The predicted molar refractivity (Wildman–Crippen MR) is 46.0 cm³/mol. The van der Waals surface area contributed by atoms with E-state index in [1.165, 1.54) is 12.8 Å². The minimum atomic E-state index is 0.344. The lowest BCUT2D eigenvalue weighted by Crippen LogP contribution is -2.33. The Morgan fingerprint density at radius 1 is 1.40 bits per heavy atom. The number of nitrogens with one attached hydrogen (secondary N) is 1. The van der Waals surface area contributed by atoms with Gasteiger partial charge in [0, 0.05) is 12.6 Å². The van der Waals surface area contributed by atoms with Crippen LogP contribution in [0.1, 0.15) is 33.1 Å². The highest BCUT2D eigenvalue weighted by Gasteiger charge is 1.95. The molecule has 0 unspecified atom stereocenters. The zero-order chi connectivity index (χ0) is 7.82. The molecule has 0 aromatic carbocycles. The summed E-state index contributed by atoms with van der Waals surface area (Å²) >= 11 is 0. The van der Waals surface area contributed by atoms with Crippen LogP contribution in [0.15, 0.2) is 0 Å². The van der Waals surface area contributed by atoms with E-state index in [4.69, 9.17) is 5.73 Å². The van der Waals surface area contributed by atoms with Crippen LogP contribution in [0, 0.1) is 0 Å². The molecule has 2 heteroatoms. The van der Waals surface area contributed by atoms with Crippen LogP contribution in [0.5, 0.6) is 0 Å². The zero-order valence-corrected chi connectivity index (χ0v) is 7.19. The normalized spacial score (nSPS) is 13.5. The van der Waals surface area contributed by atoms with E-state index in [0.29, 0.717) is 6.04 Å². The van der Waals surface area contributed by atoms with E-state index in [0.717, 1.165) is 19.5 Å². The van der Waals surface area contributed by atoms with Crippen molar-refractivity contribution >= 4 is 0 Å². The molecule has 0 aromatic rings. The molecular formula is C8H20N2. The molecule has 0 aliphatic rings. The van der Waals surface area contributed by atoms with Crippen molar-refractivity contribution in [1.82, 2.24) is 5.32 Å². The largest absolute Gasteiger partial charge is 0.327 e. The summed E-state index contributed by atoms with van der Waals surface area (Å²) in [6, 6.07) is 0.344. The van der Waals surface area contributed by atoms with Crippen molar-refractivity contribution in [2.75, 3.05) is 13.1 Å². The first kappa shape index (κ1) is 9.92. The first-order valence-electron chi connectivity index (χ1n) is 4.27. The van der Waals surface area contributed by atoms with Crippen molar-refractivity contribution in [2.45, 2.75) is 39.2 Å². The average molecular weight is 144 g/mol. The Hall–Kier alpha value is -0.0800. The van der Waals surface area contributed by atoms with Gasteiger partial charge in [-0.05, 0) is 19.4 Å². The van der Waals surface area contributed by atoms with Gasteiger partial charge in [0.25, 0.3) is 0 Å². The third-order valence-corrected chi connectivity index (χ3v) is 1.64. The summed E-state index contributed by atoms with van der Waals surface area (Å²) in [5.41, 5.74) is 5.69. The molecule has 0 bridgehead atoms. The number of unbranched alkanes of at least 4 members (excludes halogenated alkanes) is 1. The Morgan fingerprint density at radius 3 is 2.60 bits per heavy atom. The second kappa shape index (κ2) is 7.03. The number of hydrogen-bond donors (Lipinski definition) is 2. The van der Waals surface area contributed by atoms with Gasteiger partial charge >= 0.3 is 0 Å². The Labute approximate surface area is 64.2 Å². The van der Waals surface area contributed by atoms with Crippen molar-refractivity contribution in [2.24, 2.45) is 5.73 Å². The molecule has 0 rings (SSSR count). The quantitative estimate of drug-likeness (QED) is 0.548. The Bertz CT molecular complexity index is 64.3. The van der Waals surface area contributed by atoms with Gasteiger partial charge in [-0.1, -0.05) is 20.3 Å². The van der Waals surface area contributed by atoms with E-state index in [1.54, 1.807) is 0 Å². The molecule has 0 amide bonds. The molecule has 0 radical (unpaired) electrons. The molecule has 0 saturated carbocycles. The SMILES string of the molecule is CCCCNC[C@@H](N)CC. The number of nitrogens with two attached hydrogens (primary N) is 1. The summed E-state index contributed by atoms with van der Waals surface area (Å²) < 4.78 is 0. The molecule has 0 aromatic heterocycles. The summed E-state index contributed by atoms with van der Waals surface area (Å²) in [5, 5.41) is 3.31. The fraction of sp³-hybridized carbons (Fsp3) is 1.00. The van der Waals surface area contributed by atoms with Gasteiger partial charge in [0.15, 0.2) is 0 Å². The van der Waals surface area contributed by atoms with E-state index < -0.39 is 0 Å². The van der Waals surface area contributed by atoms with Gasteiger partial charge in [-0.15, -0.1) is 0 Å². The van der Waals surface area contributed by atoms with E-state index >= 15 is 0 Å². The van der Waals surface area contributed by atoms with Crippen LogP contribution in [0.4, 0.5) is 0 Å². The third kappa shape index (κ3) is 6.05. The molecule has 10 heavy (non-hydrogen) atoms. The zero-order valence-electron chi connectivity index (χ0n) is 7.19. The highest BCUT2D eigenvalue weighted by Crippen LogP contribution is 1.85. The van der Waals surface area contributed by atoms with Gasteiger partial charge in [-0.25, -0.2) is 0 Å². The Morgan fingerprint density at radius 2 is 2.10 bits per heavy atom. The van der Waals surface area contributed by atoms with Crippen molar-refractivity contribution in [3.63, 3.8) is 0 Å². The van der Waals surface area contributed by atoms with Crippen LogP contribution in [0.3, 0.4) is 0 Å². The molecule has 62 valence electrons. The highest BCUT2D eigenvalue weighted by molar-refractivity contribution is 4.61. The molecule has 3 N–H and O–H groups in total. The molecular weight excluding hydrogens is 124 g/mol. The number of hydrogen-bond acceptors (Lipinski definition) is 2. The van der Waals surface area contributed by atoms with Crippen molar-refractivity contribution in [3.05, 3.63) is 0 Å². The van der Waals surface area contributed by atoms with Crippen LogP contribution in [0.2, 0.25) is 0 Å². The lowest BCUT2D eigenvalue weighted by atomic mass is 10.2. The van der Waals surface area contributed by atoms with Crippen molar-refractivity contribution in [1.29, 1.82) is 0 Å². The van der Waals surface area contributed by atoms with Crippen LogP contribution >= 0.6 is 0 Å². The molecule has 0 aliphatic heterocycles. The summed E-state index contributed by atoms with van der Waals surface area (Å²) in [7, 11) is 0. The number of rotatable bonds is 6. The van der Waals surface area contributed by atoms with Gasteiger partial charge < -0.3 is 11.1 Å². The van der Waals surface area contributed by atoms with Crippen molar-refractivity contribution < 1.29 is 0 Å². The monoisotopic (exact) mass is 144 g/mol. The lowest BCUT2D eigenvalue weighted by Gasteiger charge is -2.08. The van der Waals surface area contributed by atoms with E-state index in [9.17, 15) is 0 Å². The summed E-state index contributed by atoms with van der Waals surface area (Å²) in [5.74, 6) is 0. The van der Waals surface area contributed by atoms with Crippen LogP contribution in [0.25, 0.3) is 0 Å². The molecule has 0 saturated heterocycles. The van der Waals surface area contributed by atoms with Gasteiger partial charge in [0.2, 0.25) is 0 Å². The summed E-state index contributed by atoms with van der Waals surface area (Å²) in [6.45, 7) is 6.40. The van der Waals surface area contributed by atoms with Crippen LogP contribution < -0.4 is 11.1 Å². The van der Waals surface area contributed by atoms with Gasteiger partial charge in [0.05, 0.1) is 0 Å². The standard InChI is InChI=1S/C8H20N2/c1-3-5-6-10-7-8(9)4-2/h8,10H,3-7,9H2,1-2H3/t8-/m0/s1. The van der Waals surface area contributed by atoms with E-state index in [1.807, 2.05) is 0 Å².